The minimum Gasteiger partial charge on any atom is -0.493 e. The van der Waals surface area contributed by atoms with Crippen LogP contribution in [0.3, 0.4) is 0 Å². The van der Waals surface area contributed by atoms with Gasteiger partial charge in [-0.1, -0.05) is 6.42 Å². The highest BCUT2D eigenvalue weighted by Gasteiger charge is 2.40. The first kappa shape index (κ1) is 13.6. The lowest BCUT2D eigenvalue weighted by Gasteiger charge is -2.40. The Morgan fingerprint density at radius 2 is 2.05 bits per heavy atom. The van der Waals surface area contributed by atoms with Crippen LogP contribution in [0, 0.1) is 10.1 Å². The number of hydrogen-bond acceptors (Lipinski definition) is 5. The van der Waals surface area contributed by atoms with Gasteiger partial charge in [0.05, 0.1) is 25.7 Å². The predicted molar refractivity (Wildman–Crippen MR) is 68.8 cm³/mol. The van der Waals surface area contributed by atoms with Crippen molar-refractivity contribution < 1.29 is 19.5 Å². The van der Waals surface area contributed by atoms with E-state index in [1.54, 1.807) is 6.07 Å². The summed E-state index contributed by atoms with van der Waals surface area (Å²) in [5.41, 5.74) is 0.242. The van der Waals surface area contributed by atoms with Crippen molar-refractivity contribution in [2.45, 2.75) is 24.7 Å². The monoisotopic (exact) mass is 267 g/mol. The van der Waals surface area contributed by atoms with Gasteiger partial charge >= 0.3 is 5.69 Å². The molecule has 0 radical (unpaired) electrons. The first-order chi connectivity index (χ1) is 9.07. The van der Waals surface area contributed by atoms with Crippen molar-refractivity contribution in [1.29, 1.82) is 0 Å². The fourth-order valence-electron chi connectivity index (χ4n) is 2.53. The number of rotatable bonds is 5. The number of aliphatic hydroxyl groups is 1. The van der Waals surface area contributed by atoms with E-state index >= 15 is 0 Å². The van der Waals surface area contributed by atoms with E-state index in [1.807, 2.05) is 0 Å². The highest BCUT2D eigenvalue weighted by molar-refractivity contribution is 5.59. The van der Waals surface area contributed by atoms with E-state index in [1.165, 1.54) is 20.3 Å². The summed E-state index contributed by atoms with van der Waals surface area (Å²) in [5.74, 6) is 0.440. The second-order valence-electron chi connectivity index (χ2n) is 4.78. The molecule has 1 aliphatic carbocycles. The molecule has 0 bridgehead atoms. The molecule has 1 aromatic rings. The van der Waals surface area contributed by atoms with E-state index in [-0.39, 0.29) is 23.5 Å². The van der Waals surface area contributed by atoms with E-state index in [0.29, 0.717) is 5.75 Å². The van der Waals surface area contributed by atoms with Crippen LogP contribution in [0.1, 0.15) is 24.8 Å². The lowest BCUT2D eigenvalue weighted by Crippen LogP contribution is -2.37. The SMILES string of the molecule is COc1cc(C2(CO)CCC2)cc([N+](=O)[O-])c1OC. The summed E-state index contributed by atoms with van der Waals surface area (Å²) in [6.07, 6.45) is 2.68. The Labute approximate surface area is 111 Å². The highest BCUT2D eigenvalue weighted by atomic mass is 16.6. The molecule has 0 atom stereocenters. The molecule has 6 heteroatoms. The van der Waals surface area contributed by atoms with E-state index in [4.69, 9.17) is 9.47 Å². The van der Waals surface area contributed by atoms with Crippen molar-refractivity contribution in [2.75, 3.05) is 20.8 Å². The molecule has 1 aromatic carbocycles. The number of aliphatic hydroxyl groups excluding tert-OH is 1. The molecule has 1 saturated carbocycles. The summed E-state index contributed by atoms with van der Waals surface area (Å²) in [6, 6.07) is 3.21. The maximum absolute atomic E-state index is 11.1. The van der Waals surface area contributed by atoms with Crippen LogP contribution in [0.5, 0.6) is 11.5 Å². The molecule has 104 valence electrons. The van der Waals surface area contributed by atoms with Gasteiger partial charge in [-0.3, -0.25) is 10.1 Å². The van der Waals surface area contributed by atoms with Crippen LogP contribution in [-0.4, -0.2) is 30.9 Å². The molecular weight excluding hydrogens is 250 g/mol. The summed E-state index contributed by atoms with van der Waals surface area (Å²) in [7, 11) is 2.81. The zero-order valence-electron chi connectivity index (χ0n) is 11.0. The largest absolute Gasteiger partial charge is 0.493 e. The van der Waals surface area contributed by atoms with Gasteiger partial charge in [0.1, 0.15) is 0 Å². The van der Waals surface area contributed by atoms with Gasteiger partial charge in [0.25, 0.3) is 0 Å². The quantitative estimate of drug-likeness (QED) is 0.652. The average molecular weight is 267 g/mol. The molecular formula is C13H17NO5. The molecule has 0 heterocycles. The fourth-order valence-corrected chi connectivity index (χ4v) is 2.53. The minimum absolute atomic E-state index is 0.0142. The normalized spacial score (nSPS) is 16.6. The number of benzene rings is 1. The second-order valence-corrected chi connectivity index (χ2v) is 4.78. The van der Waals surface area contributed by atoms with Crippen LogP contribution in [0.4, 0.5) is 5.69 Å². The lowest BCUT2D eigenvalue weighted by molar-refractivity contribution is -0.385. The van der Waals surface area contributed by atoms with Crippen molar-refractivity contribution >= 4 is 5.69 Å². The zero-order valence-corrected chi connectivity index (χ0v) is 11.0. The molecule has 2 rings (SSSR count). The van der Waals surface area contributed by atoms with Gasteiger partial charge in [-0.25, -0.2) is 0 Å². The van der Waals surface area contributed by atoms with Crippen LogP contribution >= 0.6 is 0 Å². The number of hydrogen-bond donors (Lipinski definition) is 1. The third-order valence-corrected chi connectivity index (χ3v) is 3.88. The average Bonchev–Trinajstić information content (AvgIpc) is 2.36. The van der Waals surface area contributed by atoms with Crippen molar-refractivity contribution in [2.24, 2.45) is 0 Å². The molecule has 1 fully saturated rings. The summed E-state index contributed by atoms with van der Waals surface area (Å²) >= 11 is 0. The van der Waals surface area contributed by atoms with E-state index < -0.39 is 4.92 Å². The van der Waals surface area contributed by atoms with E-state index in [0.717, 1.165) is 24.8 Å². The molecule has 19 heavy (non-hydrogen) atoms. The van der Waals surface area contributed by atoms with E-state index in [9.17, 15) is 15.2 Å². The molecule has 1 aliphatic rings. The van der Waals surface area contributed by atoms with Gasteiger partial charge in [-0.15, -0.1) is 0 Å². The predicted octanol–water partition coefficient (Wildman–Crippen LogP) is 2.03. The zero-order chi connectivity index (χ0) is 14.0. The first-order valence-electron chi connectivity index (χ1n) is 6.10. The second kappa shape index (κ2) is 5.05. The van der Waals surface area contributed by atoms with Crippen molar-refractivity contribution in [3.63, 3.8) is 0 Å². The van der Waals surface area contributed by atoms with Gasteiger partial charge < -0.3 is 14.6 Å². The Bertz CT molecular complexity index is 491. The van der Waals surface area contributed by atoms with Crippen molar-refractivity contribution in [3.8, 4) is 11.5 Å². The fraction of sp³-hybridized carbons (Fsp3) is 0.538. The summed E-state index contributed by atoms with van der Waals surface area (Å²) in [4.78, 5) is 10.6. The van der Waals surface area contributed by atoms with Crippen molar-refractivity contribution in [3.05, 3.63) is 27.8 Å². The Morgan fingerprint density at radius 3 is 2.42 bits per heavy atom. The lowest BCUT2D eigenvalue weighted by atomic mass is 9.65. The molecule has 0 unspecified atom stereocenters. The van der Waals surface area contributed by atoms with Gasteiger partial charge in [-0.05, 0) is 24.5 Å². The summed E-state index contributed by atoms with van der Waals surface area (Å²) < 4.78 is 10.2. The topological polar surface area (TPSA) is 81.8 Å². The van der Waals surface area contributed by atoms with Gasteiger partial charge in [-0.2, -0.15) is 0 Å². The standard InChI is InChI=1S/C13H17NO5/c1-18-11-7-9(13(8-15)4-3-5-13)6-10(14(16)17)12(11)19-2/h6-7,15H,3-5,8H2,1-2H3. The maximum atomic E-state index is 11.1. The van der Waals surface area contributed by atoms with Crippen LogP contribution in [-0.2, 0) is 5.41 Å². The maximum Gasteiger partial charge on any atom is 0.315 e. The summed E-state index contributed by atoms with van der Waals surface area (Å²) in [6.45, 7) is -0.0142. The number of nitrogens with zero attached hydrogens (tertiary/aromatic N) is 1. The molecule has 6 nitrogen and oxygen atoms in total. The third kappa shape index (κ3) is 2.12. The number of nitro benzene ring substituents is 1. The molecule has 0 aromatic heterocycles. The van der Waals surface area contributed by atoms with Gasteiger partial charge in [0, 0.05) is 11.5 Å². The van der Waals surface area contributed by atoms with Crippen LogP contribution in [0.25, 0.3) is 0 Å². The number of methoxy groups -OCH3 is 2. The smallest absolute Gasteiger partial charge is 0.315 e. The Balaban J connectivity index is 2.58. The van der Waals surface area contributed by atoms with Crippen molar-refractivity contribution in [1.82, 2.24) is 0 Å². The van der Waals surface area contributed by atoms with Crippen LogP contribution < -0.4 is 9.47 Å². The van der Waals surface area contributed by atoms with Crippen LogP contribution in [0.15, 0.2) is 12.1 Å². The number of ether oxygens (including phenoxy) is 2. The first-order valence-corrected chi connectivity index (χ1v) is 6.10. The third-order valence-electron chi connectivity index (χ3n) is 3.88. The Morgan fingerprint density at radius 1 is 1.37 bits per heavy atom. The Hall–Kier alpha value is -1.82. The van der Waals surface area contributed by atoms with E-state index in [2.05, 4.69) is 0 Å². The highest BCUT2D eigenvalue weighted by Crippen LogP contribution is 2.48. The van der Waals surface area contributed by atoms with Crippen LogP contribution in [0.2, 0.25) is 0 Å². The molecule has 1 N–H and O–H groups in total. The molecule has 0 amide bonds. The van der Waals surface area contributed by atoms with Gasteiger partial charge in [0.2, 0.25) is 5.75 Å². The molecule has 0 saturated heterocycles. The molecule has 0 spiro atoms. The Kier molecular flexibility index (Phi) is 3.61. The van der Waals surface area contributed by atoms with Gasteiger partial charge in [0.15, 0.2) is 5.75 Å². The molecule has 0 aliphatic heterocycles. The summed E-state index contributed by atoms with van der Waals surface area (Å²) in [5, 5.41) is 20.7. The number of nitro groups is 1. The minimum atomic E-state index is -0.491.